The van der Waals surface area contributed by atoms with Crippen LogP contribution in [0.4, 0.5) is 0 Å². The van der Waals surface area contributed by atoms with E-state index in [1.165, 1.54) is 0 Å². The zero-order valence-corrected chi connectivity index (χ0v) is 8.86. The number of ether oxygens (including phenoxy) is 2. The summed E-state index contributed by atoms with van der Waals surface area (Å²) in [6.45, 7) is 7.21. The Morgan fingerprint density at radius 1 is 1.50 bits per heavy atom. The van der Waals surface area contributed by atoms with E-state index in [-0.39, 0.29) is 6.10 Å². The monoisotopic (exact) mass is 196 g/mol. The van der Waals surface area contributed by atoms with Crippen molar-refractivity contribution < 1.29 is 9.47 Å². The molecule has 2 aliphatic heterocycles. The Bertz CT molecular complexity index is 284. The van der Waals surface area contributed by atoms with Gasteiger partial charge in [0, 0.05) is 6.21 Å². The van der Waals surface area contributed by atoms with Crippen LogP contribution in [-0.4, -0.2) is 43.0 Å². The summed E-state index contributed by atoms with van der Waals surface area (Å²) in [5.41, 5.74) is 0.911. The summed E-state index contributed by atoms with van der Waals surface area (Å²) < 4.78 is 11.1. The van der Waals surface area contributed by atoms with Crippen molar-refractivity contribution in [3.63, 3.8) is 0 Å². The van der Waals surface area contributed by atoms with Crippen LogP contribution in [-0.2, 0) is 9.47 Å². The van der Waals surface area contributed by atoms with E-state index in [1.807, 2.05) is 27.0 Å². The average Bonchev–Trinajstić information content (AvgIpc) is 2.47. The molecule has 1 unspecified atom stereocenters. The normalized spacial score (nSPS) is 35.8. The molecule has 0 spiro atoms. The maximum absolute atomic E-state index is 5.68. The van der Waals surface area contributed by atoms with Gasteiger partial charge in [-0.3, -0.25) is 9.98 Å². The zero-order valence-electron chi connectivity index (χ0n) is 8.86. The molecule has 0 aromatic heterocycles. The fourth-order valence-corrected chi connectivity index (χ4v) is 1.55. The molecule has 0 aromatic carbocycles. The standard InChI is InChI=1S/C10H16N2O2/c1-7-4-12-8(5-11-7)9-6-13-10(2,3)14-9/h5,7,9H,4,6H2,1-3H3/t7?,9-/m1/s1. The molecule has 78 valence electrons. The van der Waals surface area contributed by atoms with Gasteiger partial charge in [0.1, 0.15) is 6.10 Å². The zero-order chi connectivity index (χ0) is 10.2. The Morgan fingerprint density at radius 3 is 2.79 bits per heavy atom. The van der Waals surface area contributed by atoms with Gasteiger partial charge in [-0.15, -0.1) is 0 Å². The third-order valence-corrected chi connectivity index (χ3v) is 2.34. The molecular weight excluding hydrogens is 180 g/mol. The lowest BCUT2D eigenvalue weighted by Gasteiger charge is -2.18. The smallest absolute Gasteiger partial charge is 0.163 e. The minimum absolute atomic E-state index is 0.0405. The van der Waals surface area contributed by atoms with Crippen molar-refractivity contribution in [3.8, 4) is 0 Å². The van der Waals surface area contributed by atoms with Crippen molar-refractivity contribution in [1.82, 2.24) is 0 Å². The Labute approximate surface area is 84.0 Å². The Kier molecular flexibility index (Phi) is 2.41. The molecule has 0 saturated carbocycles. The summed E-state index contributed by atoms with van der Waals surface area (Å²) >= 11 is 0. The molecule has 4 nitrogen and oxygen atoms in total. The SMILES string of the molecule is CC1CN=C([C@H]2COC(C)(C)O2)C=N1. The first-order valence-electron chi connectivity index (χ1n) is 4.96. The minimum atomic E-state index is -0.482. The second kappa shape index (κ2) is 3.44. The van der Waals surface area contributed by atoms with E-state index < -0.39 is 5.79 Å². The number of rotatable bonds is 1. The number of hydrogen-bond acceptors (Lipinski definition) is 4. The van der Waals surface area contributed by atoms with E-state index in [0.29, 0.717) is 12.6 Å². The summed E-state index contributed by atoms with van der Waals surface area (Å²) in [5, 5.41) is 0. The highest BCUT2D eigenvalue weighted by atomic mass is 16.7. The molecular formula is C10H16N2O2. The summed E-state index contributed by atoms with van der Waals surface area (Å²) in [5.74, 6) is -0.482. The fraction of sp³-hybridized carbons (Fsp3) is 0.800. The van der Waals surface area contributed by atoms with Crippen molar-refractivity contribution in [3.05, 3.63) is 0 Å². The van der Waals surface area contributed by atoms with Crippen LogP contribution in [0.1, 0.15) is 20.8 Å². The molecule has 0 radical (unpaired) electrons. The lowest BCUT2D eigenvalue weighted by Crippen LogP contribution is -2.30. The molecule has 2 atom stereocenters. The summed E-state index contributed by atoms with van der Waals surface area (Å²) in [7, 11) is 0. The van der Waals surface area contributed by atoms with Gasteiger partial charge in [-0.2, -0.15) is 0 Å². The predicted molar refractivity (Wildman–Crippen MR) is 55.2 cm³/mol. The summed E-state index contributed by atoms with van der Waals surface area (Å²) in [6, 6.07) is 0.300. The van der Waals surface area contributed by atoms with Gasteiger partial charge in [-0.25, -0.2) is 0 Å². The Balaban J connectivity index is 2.01. The molecule has 4 heteroatoms. The van der Waals surface area contributed by atoms with Crippen molar-refractivity contribution >= 4 is 11.9 Å². The van der Waals surface area contributed by atoms with Gasteiger partial charge in [0.05, 0.1) is 24.9 Å². The highest BCUT2D eigenvalue weighted by molar-refractivity contribution is 6.33. The quantitative estimate of drug-likeness (QED) is 0.629. The largest absolute Gasteiger partial charge is 0.347 e. The van der Waals surface area contributed by atoms with Crippen molar-refractivity contribution in [2.75, 3.05) is 13.2 Å². The molecule has 0 aliphatic carbocycles. The van der Waals surface area contributed by atoms with Gasteiger partial charge in [-0.1, -0.05) is 0 Å². The van der Waals surface area contributed by atoms with Gasteiger partial charge in [0.2, 0.25) is 0 Å². The van der Waals surface area contributed by atoms with Gasteiger partial charge in [0.15, 0.2) is 5.79 Å². The highest BCUT2D eigenvalue weighted by Crippen LogP contribution is 2.23. The molecule has 14 heavy (non-hydrogen) atoms. The van der Waals surface area contributed by atoms with Crippen molar-refractivity contribution in [2.24, 2.45) is 9.98 Å². The third-order valence-electron chi connectivity index (χ3n) is 2.34. The van der Waals surface area contributed by atoms with Gasteiger partial charge < -0.3 is 9.47 Å². The first-order valence-corrected chi connectivity index (χ1v) is 4.96. The Hall–Kier alpha value is -0.740. The molecule has 0 N–H and O–H groups in total. The van der Waals surface area contributed by atoms with Gasteiger partial charge in [-0.05, 0) is 20.8 Å². The summed E-state index contributed by atoms with van der Waals surface area (Å²) in [6.07, 6.45) is 1.77. The molecule has 1 saturated heterocycles. The molecule has 2 rings (SSSR count). The second-order valence-electron chi connectivity index (χ2n) is 4.21. The minimum Gasteiger partial charge on any atom is -0.347 e. The molecule has 0 aromatic rings. The van der Waals surface area contributed by atoms with E-state index in [0.717, 1.165) is 12.3 Å². The third kappa shape index (κ3) is 2.01. The topological polar surface area (TPSA) is 43.2 Å². The number of hydrogen-bond donors (Lipinski definition) is 0. The number of nitrogens with zero attached hydrogens (tertiary/aromatic N) is 2. The molecule has 2 aliphatic rings. The fourth-order valence-electron chi connectivity index (χ4n) is 1.55. The number of aliphatic imine (C=N–C) groups is 2. The van der Waals surface area contributed by atoms with Crippen LogP contribution in [0.15, 0.2) is 9.98 Å². The first-order chi connectivity index (χ1) is 6.57. The van der Waals surface area contributed by atoms with E-state index in [1.54, 1.807) is 0 Å². The molecule has 0 amide bonds. The lowest BCUT2D eigenvalue weighted by molar-refractivity contribution is -0.131. The Morgan fingerprint density at radius 2 is 2.29 bits per heavy atom. The predicted octanol–water partition coefficient (Wildman–Crippen LogP) is 1.05. The maximum atomic E-state index is 5.68. The van der Waals surface area contributed by atoms with E-state index >= 15 is 0 Å². The van der Waals surface area contributed by atoms with E-state index in [9.17, 15) is 0 Å². The molecule has 2 heterocycles. The van der Waals surface area contributed by atoms with E-state index in [2.05, 4.69) is 9.98 Å². The van der Waals surface area contributed by atoms with Gasteiger partial charge in [0.25, 0.3) is 0 Å². The van der Waals surface area contributed by atoms with E-state index in [4.69, 9.17) is 9.47 Å². The average molecular weight is 196 g/mol. The van der Waals surface area contributed by atoms with Crippen LogP contribution in [0.25, 0.3) is 0 Å². The van der Waals surface area contributed by atoms with Crippen molar-refractivity contribution in [2.45, 2.75) is 38.7 Å². The van der Waals surface area contributed by atoms with Crippen molar-refractivity contribution in [1.29, 1.82) is 0 Å². The van der Waals surface area contributed by atoms with Crippen LogP contribution in [0, 0.1) is 0 Å². The van der Waals surface area contributed by atoms with Gasteiger partial charge >= 0.3 is 0 Å². The van der Waals surface area contributed by atoms with Crippen LogP contribution in [0.5, 0.6) is 0 Å². The highest BCUT2D eigenvalue weighted by Gasteiger charge is 2.35. The van der Waals surface area contributed by atoms with Crippen LogP contribution >= 0.6 is 0 Å². The summed E-state index contributed by atoms with van der Waals surface area (Å²) in [4.78, 5) is 8.73. The van der Waals surface area contributed by atoms with Crippen LogP contribution in [0.2, 0.25) is 0 Å². The first kappa shape index (κ1) is 9.80. The van der Waals surface area contributed by atoms with Crippen LogP contribution in [0.3, 0.4) is 0 Å². The second-order valence-corrected chi connectivity index (χ2v) is 4.21. The van der Waals surface area contributed by atoms with Crippen LogP contribution < -0.4 is 0 Å². The molecule has 0 bridgehead atoms. The lowest BCUT2D eigenvalue weighted by atomic mass is 10.2. The molecule has 1 fully saturated rings. The maximum Gasteiger partial charge on any atom is 0.163 e.